The van der Waals surface area contributed by atoms with Crippen LogP contribution in [0.4, 0.5) is 4.79 Å². The molecule has 2 amide bonds. The van der Waals surface area contributed by atoms with Gasteiger partial charge in [0.25, 0.3) is 5.91 Å². The van der Waals surface area contributed by atoms with E-state index in [1.54, 1.807) is 0 Å². The van der Waals surface area contributed by atoms with E-state index >= 15 is 0 Å². The summed E-state index contributed by atoms with van der Waals surface area (Å²) in [4.78, 5) is 38.3. The fraction of sp³-hybridized carbons (Fsp3) is 0.444. The summed E-state index contributed by atoms with van der Waals surface area (Å²) in [7, 11) is 0. The fourth-order valence-corrected chi connectivity index (χ4v) is 4.15. The van der Waals surface area contributed by atoms with Crippen molar-refractivity contribution in [2.24, 2.45) is 0 Å². The van der Waals surface area contributed by atoms with Gasteiger partial charge in [-0.1, -0.05) is 80.4 Å². The Kier molecular flexibility index (Phi) is 8.64. The van der Waals surface area contributed by atoms with Gasteiger partial charge in [-0.25, -0.2) is 4.79 Å². The molecule has 6 heteroatoms. The largest absolute Gasteiger partial charge is 0.443 e. The normalized spacial score (nSPS) is 16.1. The molecule has 0 saturated heterocycles. The molecule has 0 bridgehead atoms. The first-order chi connectivity index (χ1) is 15.9. The minimum absolute atomic E-state index is 0.314. The summed E-state index contributed by atoms with van der Waals surface area (Å²) in [5.74, 6) is -1.34. The zero-order chi connectivity index (χ0) is 23.7. The molecule has 0 aromatic heterocycles. The van der Waals surface area contributed by atoms with Crippen LogP contribution in [0.15, 0.2) is 60.7 Å². The minimum atomic E-state index is -0.908. The lowest BCUT2D eigenvalue weighted by atomic mass is 9.76. The number of rotatable bonds is 11. The number of Topliss-reactive ketones (excluding diaryl/α,β-unsaturated/α-hetero) is 1. The number of amides is 2. The molecule has 1 aliphatic carbocycles. The van der Waals surface area contributed by atoms with Gasteiger partial charge in [-0.2, -0.15) is 0 Å². The fourth-order valence-electron chi connectivity index (χ4n) is 4.15. The van der Waals surface area contributed by atoms with Gasteiger partial charge in [0, 0.05) is 6.42 Å². The third kappa shape index (κ3) is 6.91. The van der Waals surface area contributed by atoms with Crippen LogP contribution in [0.2, 0.25) is 0 Å². The lowest BCUT2D eigenvalue weighted by Gasteiger charge is -2.41. The Morgan fingerprint density at radius 1 is 0.970 bits per heavy atom. The van der Waals surface area contributed by atoms with Crippen LogP contribution in [-0.4, -0.2) is 29.4 Å². The Morgan fingerprint density at radius 2 is 1.61 bits per heavy atom. The number of hydrogen-bond donors (Lipinski definition) is 2. The van der Waals surface area contributed by atoms with Gasteiger partial charge in [0.15, 0.2) is 0 Å². The lowest BCUT2D eigenvalue weighted by molar-refractivity contribution is -0.139. The number of benzene rings is 2. The number of unbranched alkanes of at least 4 members (excludes halogenated alkanes) is 1. The topological polar surface area (TPSA) is 84.5 Å². The first kappa shape index (κ1) is 24.5. The highest BCUT2D eigenvalue weighted by Gasteiger charge is 2.41. The Labute approximate surface area is 196 Å². The molecule has 176 valence electrons. The van der Waals surface area contributed by atoms with E-state index in [0.717, 1.165) is 36.8 Å². The molecule has 2 aromatic rings. The van der Waals surface area contributed by atoms with Crippen molar-refractivity contribution < 1.29 is 19.1 Å². The van der Waals surface area contributed by atoms with E-state index < -0.39 is 29.4 Å². The molecule has 1 fully saturated rings. The molecule has 2 N–H and O–H groups in total. The average Bonchev–Trinajstić information content (AvgIpc) is 2.81. The van der Waals surface area contributed by atoms with Gasteiger partial charge in [-0.05, 0) is 43.7 Å². The number of nitrogens with one attached hydrogen (secondary N) is 2. The molecule has 1 saturated carbocycles. The Hall–Kier alpha value is -3.15. The minimum Gasteiger partial charge on any atom is -0.443 e. The standard InChI is InChI=1S/C27H34N2O4/c1-3-4-16-23(24(30)25(31)28-20(2)22-14-9-6-10-15-22)29-26(32)33-27(17-11-18-27)19-21-12-7-5-8-13-21/h5-10,12-15,20,23H,3-4,11,16-19H2,1-2H3,(H,28,31)(H,29,32)/t20-,23+/m1/s1. The first-order valence-electron chi connectivity index (χ1n) is 11.9. The number of carbonyl (C=O) groups is 3. The van der Waals surface area contributed by atoms with Crippen molar-refractivity contribution in [1.82, 2.24) is 10.6 Å². The second-order valence-corrected chi connectivity index (χ2v) is 8.90. The summed E-state index contributed by atoms with van der Waals surface area (Å²) in [6.45, 7) is 3.83. The van der Waals surface area contributed by atoms with E-state index in [4.69, 9.17) is 4.74 Å². The van der Waals surface area contributed by atoms with Crippen LogP contribution >= 0.6 is 0 Å². The molecule has 2 aromatic carbocycles. The quantitative estimate of drug-likeness (QED) is 0.478. The molecular formula is C27H34N2O4. The van der Waals surface area contributed by atoms with Crippen molar-refractivity contribution in [3.8, 4) is 0 Å². The van der Waals surface area contributed by atoms with Crippen molar-refractivity contribution in [1.29, 1.82) is 0 Å². The van der Waals surface area contributed by atoms with Gasteiger partial charge >= 0.3 is 6.09 Å². The van der Waals surface area contributed by atoms with Crippen LogP contribution in [0.5, 0.6) is 0 Å². The number of ketones is 1. The number of hydrogen-bond acceptors (Lipinski definition) is 4. The van der Waals surface area contributed by atoms with Crippen molar-refractivity contribution in [3.63, 3.8) is 0 Å². The molecule has 0 spiro atoms. The number of alkyl carbamates (subject to hydrolysis) is 1. The van der Waals surface area contributed by atoms with E-state index in [-0.39, 0.29) is 6.04 Å². The summed E-state index contributed by atoms with van der Waals surface area (Å²) in [5.41, 5.74) is 1.47. The van der Waals surface area contributed by atoms with E-state index in [9.17, 15) is 14.4 Å². The molecular weight excluding hydrogens is 416 g/mol. The summed E-state index contributed by atoms with van der Waals surface area (Å²) in [6.07, 6.45) is 4.54. The van der Waals surface area contributed by atoms with Crippen molar-refractivity contribution in [2.75, 3.05) is 0 Å². The smallest absolute Gasteiger partial charge is 0.408 e. The summed E-state index contributed by atoms with van der Waals surface area (Å²) in [6, 6.07) is 18.2. The van der Waals surface area contributed by atoms with Crippen LogP contribution < -0.4 is 10.6 Å². The molecule has 2 atom stereocenters. The predicted molar refractivity (Wildman–Crippen MR) is 128 cm³/mol. The summed E-state index contributed by atoms with van der Waals surface area (Å²) >= 11 is 0. The van der Waals surface area contributed by atoms with Crippen molar-refractivity contribution >= 4 is 17.8 Å². The van der Waals surface area contributed by atoms with Crippen molar-refractivity contribution in [3.05, 3.63) is 71.8 Å². The molecule has 0 radical (unpaired) electrons. The van der Waals surface area contributed by atoms with Crippen LogP contribution in [-0.2, 0) is 20.7 Å². The second-order valence-electron chi connectivity index (χ2n) is 8.90. The Bertz CT molecular complexity index is 926. The average molecular weight is 451 g/mol. The molecule has 6 nitrogen and oxygen atoms in total. The zero-order valence-corrected chi connectivity index (χ0v) is 19.5. The van der Waals surface area contributed by atoms with Gasteiger partial charge in [0.1, 0.15) is 11.6 Å². The van der Waals surface area contributed by atoms with Gasteiger partial charge in [-0.3, -0.25) is 9.59 Å². The SMILES string of the molecule is CCCC[C@H](NC(=O)OC1(Cc2ccccc2)CCC1)C(=O)C(=O)N[C@H](C)c1ccccc1. The molecule has 0 heterocycles. The molecule has 1 aliphatic rings. The van der Waals surface area contributed by atoms with Crippen LogP contribution in [0.3, 0.4) is 0 Å². The van der Waals surface area contributed by atoms with Crippen LogP contribution in [0.25, 0.3) is 0 Å². The summed E-state index contributed by atoms with van der Waals surface area (Å²) in [5, 5.41) is 5.43. The monoisotopic (exact) mass is 450 g/mol. The second kappa shape index (κ2) is 11.6. The van der Waals surface area contributed by atoms with Gasteiger partial charge in [-0.15, -0.1) is 0 Å². The first-order valence-corrected chi connectivity index (χ1v) is 11.9. The Morgan fingerprint density at radius 3 is 2.18 bits per heavy atom. The maximum atomic E-state index is 12.9. The maximum Gasteiger partial charge on any atom is 0.408 e. The van der Waals surface area contributed by atoms with Crippen LogP contribution in [0, 0.1) is 0 Å². The Balaban J connectivity index is 1.61. The highest BCUT2D eigenvalue weighted by molar-refractivity contribution is 6.38. The third-order valence-corrected chi connectivity index (χ3v) is 6.27. The van der Waals surface area contributed by atoms with E-state index in [0.29, 0.717) is 19.3 Å². The molecule has 3 rings (SSSR count). The van der Waals surface area contributed by atoms with E-state index in [1.807, 2.05) is 74.5 Å². The van der Waals surface area contributed by atoms with Gasteiger partial charge in [0.2, 0.25) is 5.78 Å². The van der Waals surface area contributed by atoms with Crippen molar-refractivity contribution in [2.45, 2.75) is 76.5 Å². The predicted octanol–water partition coefficient (Wildman–Crippen LogP) is 4.88. The lowest BCUT2D eigenvalue weighted by Crippen LogP contribution is -2.52. The summed E-state index contributed by atoms with van der Waals surface area (Å²) < 4.78 is 5.83. The number of carbonyl (C=O) groups excluding carboxylic acids is 3. The van der Waals surface area contributed by atoms with E-state index in [1.165, 1.54) is 0 Å². The molecule has 0 unspecified atom stereocenters. The van der Waals surface area contributed by atoms with E-state index in [2.05, 4.69) is 10.6 Å². The molecule has 0 aliphatic heterocycles. The van der Waals surface area contributed by atoms with Gasteiger partial charge < -0.3 is 15.4 Å². The molecule has 33 heavy (non-hydrogen) atoms. The third-order valence-electron chi connectivity index (χ3n) is 6.27. The highest BCUT2D eigenvalue weighted by Crippen LogP contribution is 2.38. The zero-order valence-electron chi connectivity index (χ0n) is 19.5. The van der Waals surface area contributed by atoms with Gasteiger partial charge in [0.05, 0.1) is 6.04 Å². The highest BCUT2D eigenvalue weighted by atomic mass is 16.6. The number of ether oxygens (including phenoxy) is 1. The maximum absolute atomic E-state index is 12.9. The van der Waals surface area contributed by atoms with Crippen LogP contribution in [0.1, 0.15) is 69.5 Å².